The summed E-state index contributed by atoms with van der Waals surface area (Å²) in [7, 11) is 0. The number of fused-ring (bicyclic) bond motifs is 6. The molecular formula is C40H60O4Pb. The fourth-order valence-electron chi connectivity index (χ4n) is 11.2. The summed E-state index contributed by atoms with van der Waals surface area (Å²) < 4.78 is 0. The molecule has 0 aliphatic heterocycles. The Hall–Kier alpha value is -1.18. The van der Waals surface area contributed by atoms with E-state index in [4.69, 9.17) is 0 Å². The standard InChI is InChI=1S/2C20H30O2.Pb/c2*1-13(2)14-6-8-16-15(12-14)7-9-17-19(16,3)10-5-11-20(17,4)18(21)22;/h2*7,12-13,16-17H,5-6,8-11H2,1-4H3,(H,21,22);/t2*16-,17+,19+,20+;/m00./s1. The monoisotopic (exact) mass is 812 g/mol. The number of carboxylic acids is 2. The Morgan fingerprint density at radius 2 is 1.02 bits per heavy atom. The molecule has 0 saturated heterocycles. The predicted molar refractivity (Wildman–Crippen MR) is 185 cm³/mol. The van der Waals surface area contributed by atoms with Crippen molar-refractivity contribution in [3.8, 4) is 0 Å². The van der Waals surface area contributed by atoms with Crippen molar-refractivity contribution in [2.45, 2.75) is 132 Å². The molecule has 4 nitrogen and oxygen atoms in total. The SMILES string of the molecule is CC(C)C1=CC2=CC[C@@H]3[C@](C)(CCC[C@@]3(C)C(=O)O)[C@H]2CC1.CC(C)C1=CC2=CC[C@@H]3[C@](C)(CCC[C@@]3(C)C(=O)O)[C@H]2CC1.[Pb]. The van der Waals surface area contributed by atoms with Crippen LogP contribution in [0.25, 0.3) is 0 Å². The molecule has 6 aliphatic rings. The molecule has 0 amide bonds. The molecule has 2 fully saturated rings. The van der Waals surface area contributed by atoms with Crippen molar-refractivity contribution in [3.63, 3.8) is 0 Å². The fourth-order valence-corrected chi connectivity index (χ4v) is 11.2. The summed E-state index contributed by atoms with van der Waals surface area (Å²) in [5, 5.41) is 19.7. The van der Waals surface area contributed by atoms with Gasteiger partial charge in [-0.15, -0.1) is 0 Å². The third-order valence-electron chi connectivity index (χ3n) is 14.1. The van der Waals surface area contributed by atoms with Gasteiger partial charge < -0.3 is 10.2 Å². The van der Waals surface area contributed by atoms with E-state index < -0.39 is 22.8 Å². The molecule has 8 atom stereocenters. The molecule has 0 spiro atoms. The van der Waals surface area contributed by atoms with E-state index in [1.54, 1.807) is 11.1 Å². The molecule has 0 aromatic heterocycles. The molecule has 0 bridgehead atoms. The summed E-state index contributed by atoms with van der Waals surface area (Å²) >= 11 is 0. The van der Waals surface area contributed by atoms with Crippen LogP contribution in [0.2, 0.25) is 0 Å². The maximum absolute atomic E-state index is 11.9. The van der Waals surface area contributed by atoms with E-state index >= 15 is 0 Å². The Labute approximate surface area is 293 Å². The molecule has 0 heterocycles. The van der Waals surface area contributed by atoms with E-state index in [0.717, 1.165) is 38.5 Å². The van der Waals surface area contributed by atoms with Crippen molar-refractivity contribution in [2.75, 3.05) is 0 Å². The topological polar surface area (TPSA) is 74.6 Å². The maximum Gasteiger partial charge on any atom is 0.309 e. The quantitative estimate of drug-likeness (QED) is 0.278. The van der Waals surface area contributed by atoms with Crippen LogP contribution in [-0.4, -0.2) is 49.5 Å². The van der Waals surface area contributed by atoms with Crippen LogP contribution in [0.15, 0.2) is 46.6 Å². The first-order chi connectivity index (χ1) is 20.6. The van der Waals surface area contributed by atoms with Gasteiger partial charge in [-0.25, -0.2) is 0 Å². The van der Waals surface area contributed by atoms with Crippen molar-refractivity contribution in [1.29, 1.82) is 0 Å². The summed E-state index contributed by atoms with van der Waals surface area (Å²) in [6, 6.07) is 0. The predicted octanol–water partition coefficient (Wildman–Crippen LogP) is 10.0. The van der Waals surface area contributed by atoms with Gasteiger partial charge in [0.1, 0.15) is 0 Å². The number of carbonyl (C=O) groups is 2. The van der Waals surface area contributed by atoms with Gasteiger partial charge in [-0.05, 0) is 136 Å². The summed E-state index contributed by atoms with van der Waals surface area (Å²) in [5.41, 5.74) is 5.38. The number of rotatable bonds is 4. The zero-order valence-electron chi connectivity index (χ0n) is 29.5. The normalized spacial score (nSPS) is 40.4. The van der Waals surface area contributed by atoms with Gasteiger partial charge in [0.05, 0.1) is 10.8 Å². The molecule has 0 aromatic carbocycles. The van der Waals surface area contributed by atoms with Gasteiger partial charge in [0.2, 0.25) is 0 Å². The van der Waals surface area contributed by atoms with Crippen molar-refractivity contribution < 1.29 is 19.8 Å². The molecule has 6 rings (SSSR count). The Bertz CT molecular complexity index is 1190. The van der Waals surface area contributed by atoms with Crippen molar-refractivity contribution in [3.05, 3.63) is 46.6 Å². The second kappa shape index (κ2) is 13.4. The third kappa shape index (κ3) is 6.25. The minimum Gasteiger partial charge on any atom is -0.481 e. The zero-order chi connectivity index (χ0) is 32.2. The summed E-state index contributed by atoms with van der Waals surface area (Å²) in [4.78, 5) is 23.9. The Balaban J connectivity index is 0.000000200. The number of hydrogen-bond acceptors (Lipinski definition) is 2. The van der Waals surface area contributed by atoms with Crippen molar-refractivity contribution in [2.24, 2.45) is 57.2 Å². The van der Waals surface area contributed by atoms with E-state index in [0.29, 0.717) is 23.7 Å². The van der Waals surface area contributed by atoms with E-state index in [-0.39, 0.29) is 50.0 Å². The first-order valence-corrected chi connectivity index (χ1v) is 17.9. The molecule has 0 unspecified atom stereocenters. The van der Waals surface area contributed by atoms with E-state index in [1.165, 1.54) is 49.7 Å². The zero-order valence-corrected chi connectivity index (χ0v) is 33.4. The molecular weight excluding hydrogens is 752 g/mol. The number of aliphatic carboxylic acids is 2. The second-order valence-electron chi connectivity index (χ2n) is 17.1. The number of hydrogen-bond donors (Lipinski definition) is 2. The van der Waals surface area contributed by atoms with Crippen LogP contribution in [0, 0.1) is 57.2 Å². The minimum absolute atomic E-state index is 0. The second-order valence-corrected chi connectivity index (χ2v) is 17.1. The van der Waals surface area contributed by atoms with Gasteiger partial charge in [0.15, 0.2) is 0 Å². The van der Waals surface area contributed by atoms with Crippen LogP contribution < -0.4 is 0 Å². The first-order valence-electron chi connectivity index (χ1n) is 17.9. The Kier molecular flexibility index (Phi) is 10.9. The molecule has 2 N–H and O–H groups in total. The van der Waals surface area contributed by atoms with Crippen LogP contribution in [0.5, 0.6) is 0 Å². The fraction of sp³-hybridized carbons (Fsp3) is 0.750. The van der Waals surface area contributed by atoms with Gasteiger partial charge in [-0.3, -0.25) is 9.59 Å². The average molecular weight is 812 g/mol. The number of carboxylic acid groups (broad SMARTS) is 2. The van der Waals surface area contributed by atoms with E-state index in [1.807, 2.05) is 13.8 Å². The van der Waals surface area contributed by atoms with Crippen LogP contribution in [0.3, 0.4) is 0 Å². The van der Waals surface area contributed by atoms with Crippen LogP contribution in [0.1, 0.15) is 132 Å². The Morgan fingerprint density at radius 3 is 1.33 bits per heavy atom. The summed E-state index contributed by atoms with van der Waals surface area (Å²) in [5.74, 6) is 1.78. The minimum atomic E-state index is -0.588. The van der Waals surface area contributed by atoms with Gasteiger partial charge in [-0.2, -0.15) is 0 Å². The molecule has 248 valence electrons. The molecule has 0 aromatic rings. The summed E-state index contributed by atoms with van der Waals surface area (Å²) in [6.07, 6.45) is 22.4. The van der Waals surface area contributed by atoms with Gasteiger partial charge in [0, 0.05) is 27.3 Å². The van der Waals surface area contributed by atoms with Crippen LogP contribution in [-0.2, 0) is 9.59 Å². The first kappa shape index (κ1) is 36.7. The molecule has 2 saturated carbocycles. The maximum atomic E-state index is 11.9. The summed E-state index contributed by atoms with van der Waals surface area (Å²) in [6.45, 7) is 17.9. The van der Waals surface area contributed by atoms with E-state index in [2.05, 4.69) is 65.8 Å². The molecule has 45 heavy (non-hydrogen) atoms. The van der Waals surface area contributed by atoms with Crippen LogP contribution in [0.4, 0.5) is 0 Å². The van der Waals surface area contributed by atoms with Crippen molar-refractivity contribution in [1.82, 2.24) is 0 Å². The molecule has 5 heteroatoms. The van der Waals surface area contributed by atoms with E-state index in [9.17, 15) is 19.8 Å². The van der Waals surface area contributed by atoms with Gasteiger partial charge >= 0.3 is 11.9 Å². The van der Waals surface area contributed by atoms with Crippen molar-refractivity contribution >= 4 is 39.2 Å². The molecule has 6 aliphatic carbocycles. The molecule has 4 radical (unpaired) electrons. The van der Waals surface area contributed by atoms with Crippen LogP contribution >= 0.6 is 0 Å². The van der Waals surface area contributed by atoms with Gasteiger partial charge in [-0.1, -0.05) is 89.8 Å². The average Bonchev–Trinajstić information content (AvgIpc) is 2.96. The third-order valence-corrected chi connectivity index (χ3v) is 14.1. The largest absolute Gasteiger partial charge is 0.481 e. The van der Waals surface area contributed by atoms with Gasteiger partial charge in [0.25, 0.3) is 0 Å². The number of allylic oxidation sites excluding steroid dienone is 8. The Morgan fingerprint density at radius 1 is 0.667 bits per heavy atom. The smallest absolute Gasteiger partial charge is 0.309 e.